The van der Waals surface area contributed by atoms with Crippen molar-refractivity contribution in [2.24, 2.45) is 5.92 Å². The van der Waals surface area contributed by atoms with Crippen molar-refractivity contribution in [1.82, 2.24) is 5.32 Å². The third kappa shape index (κ3) is 5.60. The molecule has 10 heavy (non-hydrogen) atoms. The van der Waals surface area contributed by atoms with E-state index in [1.54, 1.807) is 7.05 Å². The van der Waals surface area contributed by atoms with Crippen LogP contribution in [-0.2, 0) is 4.79 Å². The van der Waals surface area contributed by atoms with Crippen molar-refractivity contribution in [2.45, 2.75) is 34.1 Å². The lowest BCUT2D eigenvalue weighted by molar-refractivity contribution is -0.124. The van der Waals surface area contributed by atoms with Gasteiger partial charge in [0.25, 0.3) is 0 Å². The fraction of sp³-hybridized carbons (Fsp3) is 0.875. The standard InChI is InChI=1S/C6H13NO.C2H6/c1-4-5(2)6(8)7-3;1-2/h5H,4H2,1-3H3,(H,7,8);1-2H3/t5-;/m1./s1. The van der Waals surface area contributed by atoms with Crippen LogP contribution >= 0.6 is 0 Å². The Kier molecular flexibility index (Phi) is 10.3. The Balaban J connectivity index is 0. The maximum absolute atomic E-state index is 10.6. The molecule has 0 unspecified atom stereocenters. The summed E-state index contributed by atoms with van der Waals surface area (Å²) in [5, 5.41) is 2.58. The van der Waals surface area contributed by atoms with Gasteiger partial charge in [0.05, 0.1) is 0 Å². The van der Waals surface area contributed by atoms with Crippen LogP contribution in [0.3, 0.4) is 0 Å². The van der Waals surface area contributed by atoms with Crippen LogP contribution in [0, 0.1) is 5.92 Å². The van der Waals surface area contributed by atoms with E-state index in [2.05, 4.69) is 5.32 Å². The van der Waals surface area contributed by atoms with E-state index >= 15 is 0 Å². The number of hydrogen-bond donors (Lipinski definition) is 1. The first-order valence-corrected chi connectivity index (χ1v) is 3.94. The lowest BCUT2D eigenvalue weighted by atomic mass is 10.1. The Labute approximate surface area is 64.0 Å². The highest BCUT2D eigenvalue weighted by molar-refractivity contribution is 5.77. The van der Waals surface area contributed by atoms with Crippen molar-refractivity contribution < 1.29 is 4.79 Å². The maximum atomic E-state index is 10.6. The Bertz CT molecular complexity index is 81.3. The van der Waals surface area contributed by atoms with E-state index in [1.165, 1.54) is 0 Å². The SMILES string of the molecule is CC.CC[C@@H](C)C(=O)NC. The highest BCUT2D eigenvalue weighted by Gasteiger charge is 2.05. The fourth-order valence-corrected chi connectivity index (χ4v) is 0.432. The molecule has 1 atom stereocenters. The summed E-state index contributed by atoms with van der Waals surface area (Å²) in [4.78, 5) is 10.6. The summed E-state index contributed by atoms with van der Waals surface area (Å²) in [6.45, 7) is 7.92. The van der Waals surface area contributed by atoms with E-state index in [0.29, 0.717) is 0 Å². The van der Waals surface area contributed by atoms with E-state index in [1.807, 2.05) is 27.7 Å². The number of carbonyl (C=O) groups excluding carboxylic acids is 1. The van der Waals surface area contributed by atoms with Crippen molar-refractivity contribution in [1.29, 1.82) is 0 Å². The van der Waals surface area contributed by atoms with Gasteiger partial charge in [-0.05, 0) is 6.42 Å². The van der Waals surface area contributed by atoms with Crippen molar-refractivity contribution in [3.63, 3.8) is 0 Å². The molecule has 0 fully saturated rings. The highest BCUT2D eigenvalue weighted by atomic mass is 16.1. The molecule has 1 N–H and O–H groups in total. The normalized spacial score (nSPS) is 10.9. The Morgan fingerprint density at radius 3 is 2.00 bits per heavy atom. The summed E-state index contributed by atoms with van der Waals surface area (Å²) in [7, 11) is 1.66. The molecule has 0 spiro atoms. The smallest absolute Gasteiger partial charge is 0.222 e. The van der Waals surface area contributed by atoms with Crippen LogP contribution < -0.4 is 5.32 Å². The van der Waals surface area contributed by atoms with Gasteiger partial charge < -0.3 is 5.32 Å². The van der Waals surface area contributed by atoms with Gasteiger partial charge in [-0.2, -0.15) is 0 Å². The van der Waals surface area contributed by atoms with E-state index in [0.717, 1.165) is 6.42 Å². The molecular weight excluding hydrogens is 126 g/mol. The third-order valence-corrected chi connectivity index (χ3v) is 1.31. The minimum Gasteiger partial charge on any atom is -0.359 e. The third-order valence-electron chi connectivity index (χ3n) is 1.31. The Morgan fingerprint density at radius 2 is 1.90 bits per heavy atom. The molecule has 0 aliphatic rings. The summed E-state index contributed by atoms with van der Waals surface area (Å²) >= 11 is 0. The largest absolute Gasteiger partial charge is 0.359 e. The number of amides is 1. The van der Waals surface area contributed by atoms with Gasteiger partial charge >= 0.3 is 0 Å². The molecule has 0 aromatic carbocycles. The van der Waals surface area contributed by atoms with Crippen LogP contribution in [0.4, 0.5) is 0 Å². The van der Waals surface area contributed by atoms with E-state index in [4.69, 9.17) is 0 Å². The lowest BCUT2D eigenvalue weighted by Gasteiger charge is -2.03. The zero-order valence-corrected chi connectivity index (χ0v) is 7.69. The van der Waals surface area contributed by atoms with Gasteiger partial charge in [0, 0.05) is 13.0 Å². The molecule has 0 radical (unpaired) electrons. The molecule has 0 heterocycles. The second-order valence-corrected chi connectivity index (χ2v) is 1.92. The number of hydrogen-bond acceptors (Lipinski definition) is 1. The van der Waals surface area contributed by atoms with Crippen molar-refractivity contribution in [3.05, 3.63) is 0 Å². The minimum absolute atomic E-state index is 0.132. The summed E-state index contributed by atoms with van der Waals surface area (Å²) in [5.74, 6) is 0.299. The van der Waals surface area contributed by atoms with Crippen LogP contribution in [0.15, 0.2) is 0 Å². The van der Waals surface area contributed by atoms with Gasteiger partial charge in [0.1, 0.15) is 0 Å². The van der Waals surface area contributed by atoms with Crippen LogP contribution in [-0.4, -0.2) is 13.0 Å². The molecule has 1 amide bonds. The minimum atomic E-state index is 0.132. The molecule has 0 rings (SSSR count). The highest BCUT2D eigenvalue weighted by Crippen LogP contribution is 1.97. The predicted molar refractivity (Wildman–Crippen MR) is 44.9 cm³/mol. The number of nitrogens with one attached hydrogen (secondary N) is 1. The molecule has 0 aromatic rings. The summed E-state index contributed by atoms with van der Waals surface area (Å²) in [5.41, 5.74) is 0. The van der Waals surface area contributed by atoms with E-state index in [9.17, 15) is 4.79 Å². The fourth-order valence-electron chi connectivity index (χ4n) is 0.432. The molecule has 0 saturated heterocycles. The molecule has 0 aliphatic carbocycles. The molecule has 0 bridgehead atoms. The summed E-state index contributed by atoms with van der Waals surface area (Å²) < 4.78 is 0. The molecule has 0 aliphatic heterocycles. The average molecular weight is 145 g/mol. The molecule has 62 valence electrons. The molecule has 2 heteroatoms. The van der Waals surface area contributed by atoms with Gasteiger partial charge in [-0.15, -0.1) is 0 Å². The van der Waals surface area contributed by atoms with Crippen LogP contribution in [0.25, 0.3) is 0 Å². The lowest BCUT2D eigenvalue weighted by Crippen LogP contribution is -2.24. The van der Waals surface area contributed by atoms with E-state index in [-0.39, 0.29) is 11.8 Å². The zero-order valence-electron chi connectivity index (χ0n) is 7.69. The first-order valence-electron chi connectivity index (χ1n) is 3.94. The van der Waals surface area contributed by atoms with Crippen molar-refractivity contribution >= 4 is 5.91 Å². The quantitative estimate of drug-likeness (QED) is 0.630. The number of carbonyl (C=O) groups is 1. The first kappa shape index (κ1) is 12.2. The monoisotopic (exact) mass is 145 g/mol. The zero-order chi connectivity index (χ0) is 8.57. The Hall–Kier alpha value is -0.530. The van der Waals surface area contributed by atoms with Crippen LogP contribution in [0.2, 0.25) is 0 Å². The van der Waals surface area contributed by atoms with Gasteiger partial charge in [-0.1, -0.05) is 27.7 Å². The second kappa shape index (κ2) is 8.47. The second-order valence-electron chi connectivity index (χ2n) is 1.92. The molecule has 0 saturated carbocycles. The first-order chi connectivity index (χ1) is 4.72. The van der Waals surface area contributed by atoms with Gasteiger partial charge in [-0.25, -0.2) is 0 Å². The Morgan fingerprint density at radius 1 is 1.50 bits per heavy atom. The van der Waals surface area contributed by atoms with Crippen LogP contribution in [0.5, 0.6) is 0 Å². The van der Waals surface area contributed by atoms with Gasteiger partial charge in [0.15, 0.2) is 0 Å². The maximum Gasteiger partial charge on any atom is 0.222 e. The molecule has 0 aromatic heterocycles. The molecule has 2 nitrogen and oxygen atoms in total. The van der Waals surface area contributed by atoms with E-state index < -0.39 is 0 Å². The van der Waals surface area contributed by atoms with Crippen LogP contribution in [0.1, 0.15) is 34.1 Å². The molecular formula is C8H19NO. The number of rotatable bonds is 2. The summed E-state index contributed by atoms with van der Waals surface area (Å²) in [6, 6.07) is 0. The van der Waals surface area contributed by atoms with Gasteiger partial charge in [-0.3, -0.25) is 4.79 Å². The van der Waals surface area contributed by atoms with Crippen molar-refractivity contribution in [2.75, 3.05) is 7.05 Å². The average Bonchev–Trinajstić information content (AvgIpc) is 2.05. The van der Waals surface area contributed by atoms with Crippen molar-refractivity contribution in [3.8, 4) is 0 Å². The topological polar surface area (TPSA) is 29.1 Å². The van der Waals surface area contributed by atoms with Gasteiger partial charge in [0.2, 0.25) is 5.91 Å². The summed E-state index contributed by atoms with van der Waals surface area (Å²) in [6.07, 6.45) is 0.916. The predicted octanol–water partition coefficient (Wildman–Crippen LogP) is 1.80.